The van der Waals surface area contributed by atoms with Crippen molar-refractivity contribution >= 4 is 37.9 Å². The van der Waals surface area contributed by atoms with Gasteiger partial charge in [-0.25, -0.2) is 0 Å². The molecule has 0 radical (unpaired) electrons. The molecule has 22 heavy (non-hydrogen) atoms. The van der Waals surface area contributed by atoms with E-state index < -0.39 is 6.10 Å². The number of hydrogen-bond donors (Lipinski definition) is 5. The lowest BCUT2D eigenvalue weighted by molar-refractivity contribution is 0.114. The van der Waals surface area contributed by atoms with E-state index >= 15 is 0 Å². The van der Waals surface area contributed by atoms with E-state index in [1.165, 1.54) is 0 Å². The molecule has 0 saturated heterocycles. The number of rotatable bonds is 10. The normalized spacial score (nSPS) is 18.8. The lowest BCUT2D eigenvalue weighted by Gasteiger charge is -2.31. The highest BCUT2D eigenvalue weighted by atomic mass is 32.1. The maximum atomic E-state index is 10.2. The van der Waals surface area contributed by atoms with Crippen LogP contribution in [0.2, 0.25) is 0 Å². The van der Waals surface area contributed by atoms with E-state index in [2.05, 4.69) is 72.5 Å². The Kier molecular flexibility index (Phi) is 10.5. The van der Waals surface area contributed by atoms with Crippen LogP contribution < -0.4 is 0 Å². The van der Waals surface area contributed by atoms with Gasteiger partial charge in [0.25, 0.3) is 0 Å². The minimum Gasteiger partial charge on any atom is -0.393 e. The largest absolute Gasteiger partial charge is 0.393 e. The quantitative estimate of drug-likeness (QED) is 0.374. The summed E-state index contributed by atoms with van der Waals surface area (Å²) in [7, 11) is 0. The first-order chi connectivity index (χ1) is 9.87. The van der Waals surface area contributed by atoms with Gasteiger partial charge in [0, 0.05) is 10.5 Å². The van der Waals surface area contributed by atoms with Crippen LogP contribution in [0.5, 0.6) is 0 Å². The molecular weight excluding hydrogens is 332 g/mol. The Labute approximate surface area is 154 Å². The molecule has 0 bridgehead atoms. The summed E-state index contributed by atoms with van der Waals surface area (Å²) in [5.74, 6) is 0.740. The standard InChI is InChI=1S/C17H36O2S3/c1-16(2,3)7-6-12(18)8-14(21)9-13(19)10-15(22)17(4,5)11-20/h12-15,18-22H,6-11H2,1-5H3. The zero-order valence-corrected chi connectivity index (χ0v) is 17.5. The Morgan fingerprint density at radius 2 is 1.36 bits per heavy atom. The molecule has 0 fully saturated rings. The van der Waals surface area contributed by atoms with E-state index in [9.17, 15) is 10.2 Å². The van der Waals surface area contributed by atoms with Crippen LogP contribution in [0.4, 0.5) is 0 Å². The first-order valence-electron chi connectivity index (χ1n) is 8.20. The van der Waals surface area contributed by atoms with Crippen LogP contribution >= 0.6 is 37.9 Å². The molecule has 2 nitrogen and oxygen atoms in total. The summed E-state index contributed by atoms with van der Waals surface area (Å²) in [4.78, 5) is 0. The minimum atomic E-state index is -0.432. The molecule has 0 saturated carbocycles. The highest BCUT2D eigenvalue weighted by Crippen LogP contribution is 2.31. The van der Waals surface area contributed by atoms with Crippen molar-refractivity contribution in [2.75, 3.05) is 5.75 Å². The Bertz CT molecular complexity index is 303. The molecule has 0 aliphatic rings. The monoisotopic (exact) mass is 368 g/mol. The average Bonchev–Trinajstić information content (AvgIpc) is 2.34. The third-order valence-corrected chi connectivity index (χ3v) is 6.27. The molecule has 0 aliphatic heterocycles. The fourth-order valence-corrected chi connectivity index (χ4v) is 3.41. The maximum absolute atomic E-state index is 10.2. The van der Waals surface area contributed by atoms with Gasteiger partial charge >= 0.3 is 0 Å². The predicted octanol–water partition coefficient (Wildman–Crippen LogP) is 4.26. The number of thiol groups is 3. The number of hydrogen-bond acceptors (Lipinski definition) is 5. The average molecular weight is 369 g/mol. The van der Waals surface area contributed by atoms with Crippen molar-refractivity contribution in [3.8, 4) is 0 Å². The second kappa shape index (κ2) is 10.1. The van der Waals surface area contributed by atoms with Gasteiger partial charge in [-0.05, 0) is 48.7 Å². The van der Waals surface area contributed by atoms with E-state index in [0.29, 0.717) is 19.3 Å². The molecule has 5 heteroatoms. The first kappa shape index (κ1) is 23.0. The van der Waals surface area contributed by atoms with Gasteiger partial charge in [-0.3, -0.25) is 0 Å². The van der Waals surface area contributed by atoms with Crippen molar-refractivity contribution in [1.82, 2.24) is 0 Å². The molecule has 0 aromatic rings. The summed E-state index contributed by atoms with van der Waals surface area (Å²) < 4.78 is 0. The van der Waals surface area contributed by atoms with Crippen molar-refractivity contribution in [2.45, 2.75) is 89.4 Å². The molecule has 2 N–H and O–H groups in total. The topological polar surface area (TPSA) is 40.5 Å². The Morgan fingerprint density at radius 3 is 1.82 bits per heavy atom. The highest BCUT2D eigenvalue weighted by molar-refractivity contribution is 7.81. The number of aliphatic hydroxyl groups excluding tert-OH is 2. The molecule has 0 aromatic heterocycles. The number of aliphatic hydroxyl groups is 2. The fourth-order valence-electron chi connectivity index (χ4n) is 2.22. The van der Waals surface area contributed by atoms with E-state index in [-0.39, 0.29) is 27.4 Å². The Balaban J connectivity index is 4.12. The smallest absolute Gasteiger partial charge is 0.0561 e. The molecule has 0 aliphatic carbocycles. The van der Waals surface area contributed by atoms with E-state index in [4.69, 9.17) is 0 Å². The highest BCUT2D eigenvalue weighted by Gasteiger charge is 2.28. The van der Waals surface area contributed by atoms with E-state index in [1.807, 2.05) is 0 Å². The van der Waals surface area contributed by atoms with Crippen molar-refractivity contribution in [2.24, 2.45) is 10.8 Å². The second-order valence-electron chi connectivity index (χ2n) is 8.43. The van der Waals surface area contributed by atoms with Gasteiger partial charge in [0.2, 0.25) is 0 Å². The molecule has 134 valence electrons. The summed E-state index contributed by atoms with van der Waals surface area (Å²) in [5.41, 5.74) is 0.232. The Morgan fingerprint density at radius 1 is 0.864 bits per heavy atom. The zero-order valence-electron chi connectivity index (χ0n) is 14.8. The minimum absolute atomic E-state index is 0.00841. The van der Waals surface area contributed by atoms with Crippen LogP contribution in [0.25, 0.3) is 0 Å². The van der Waals surface area contributed by atoms with Gasteiger partial charge < -0.3 is 10.2 Å². The molecule has 0 spiro atoms. The van der Waals surface area contributed by atoms with Crippen LogP contribution in [0.1, 0.15) is 66.7 Å². The van der Waals surface area contributed by atoms with Gasteiger partial charge in [0.15, 0.2) is 0 Å². The van der Waals surface area contributed by atoms with Gasteiger partial charge in [-0.15, -0.1) is 0 Å². The van der Waals surface area contributed by atoms with Crippen LogP contribution in [-0.4, -0.2) is 38.7 Å². The molecule has 4 atom stereocenters. The van der Waals surface area contributed by atoms with Crippen LogP contribution in [-0.2, 0) is 0 Å². The summed E-state index contributed by atoms with van der Waals surface area (Å²) >= 11 is 13.5. The van der Waals surface area contributed by atoms with Crippen molar-refractivity contribution in [3.05, 3.63) is 0 Å². The Hall–Kier alpha value is 0.970. The van der Waals surface area contributed by atoms with Crippen molar-refractivity contribution < 1.29 is 10.2 Å². The van der Waals surface area contributed by atoms with Crippen molar-refractivity contribution in [1.29, 1.82) is 0 Å². The third kappa shape index (κ3) is 10.7. The lowest BCUT2D eigenvalue weighted by Crippen LogP contribution is -2.31. The predicted molar refractivity (Wildman–Crippen MR) is 108 cm³/mol. The molecule has 0 rings (SSSR count). The SMILES string of the molecule is CC(C)(C)CCC(O)CC(S)CC(O)CC(S)C(C)(C)CS. The molecular formula is C17H36O2S3. The summed E-state index contributed by atoms with van der Waals surface area (Å²) in [6.45, 7) is 10.8. The summed E-state index contributed by atoms with van der Waals surface area (Å²) in [6.07, 6.45) is 2.86. The van der Waals surface area contributed by atoms with E-state index in [1.54, 1.807) is 0 Å². The van der Waals surface area contributed by atoms with Crippen molar-refractivity contribution in [3.63, 3.8) is 0 Å². The first-order valence-corrected chi connectivity index (χ1v) is 9.87. The summed E-state index contributed by atoms with van der Waals surface area (Å²) in [6, 6.07) is 0. The van der Waals surface area contributed by atoms with Gasteiger partial charge in [0.05, 0.1) is 12.2 Å². The van der Waals surface area contributed by atoms with Gasteiger partial charge in [-0.2, -0.15) is 37.9 Å². The fraction of sp³-hybridized carbons (Fsp3) is 1.00. The lowest BCUT2D eigenvalue weighted by atomic mass is 9.86. The summed E-state index contributed by atoms with van der Waals surface area (Å²) in [5, 5.41) is 20.4. The zero-order chi connectivity index (χ0) is 17.6. The van der Waals surface area contributed by atoms with Gasteiger partial charge in [-0.1, -0.05) is 34.6 Å². The molecule has 4 unspecified atom stereocenters. The van der Waals surface area contributed by atoms with Gasteiger partial charge in [0.1, 0.15) is 0 Å². The molecule has 0 heterocycles. The third-order valence-electron chi connectivity index (χ3n) is 4.12. The molecule has 0 aromatic carbocycles. The van der Waals surface area contributed by atoms with E-state index in [0.717, 1.165) is 18.6 Å². The second-order valence-corrected chi connectivity index (χ2v) is 10.1. The van der Waals surface area contributed by atoms with Crippen LogP contribution in [0.3, 0.4) is 0 Å². The van der Waals surface area contributed by atoms with Crippen LogP contribution in [0, 0.1) is 10.8 Å². The molecule has 0 amide bonds. The maximum Gasteiger partial charge on any atom is 0.0561 e. The van der Waals surface area contributed by atoms with Crippen LogP contribution in [0.15, 0.2) is 0 Å².